The van der Waals surface area contributed by atoms with Gasteiger partial charge in [-0.05, 0) is 35.7 Å². The van der Waals surface area contributed by atoms with Gasteiger partial charge in [0.2, 0.25) is 0 Å². The van der Waals surface area contributed by atoms with Crippen LogP contribution in [-0.4, -0.2) is 38.7 Å². The first-order chi connectivity index (χ1) is 14.1. The van der Waals surface area contributed by atoms with Crippen LogP contribution in [0.3, 0.4) is 0 Å². The average Bonchev–Trinajstić information content (AvgIpc) is 3.38. The van der Waals surface area contributed by atoms with Crippen molar-refractivity contribution >= 4 is 5.97 Å². The molecule has 0 bridgehead atoms. The van der Waals surface area contributed by atoms with Gasteiger partial charge in [-0.15, -0.1) is 5.10 Å². The van der Waals surface area contributed by atoms with Gasteiger partial charge in [-0.1, -0.05) is 35.5 Å². The van der Waals surface area contributed by atoms with Gasteiger partial charge in [0.25, 0.3) is 0 Å². The lowest BCUT2D eigenvalue weighted by atomic mass is 10.1. The summed E-state index contributed by atoms with van der Waals surface area (Å²) in [5, 5.41) is 23.7. The minimum Gasteiger partial charge on any atom is -0.480 e. The number of aliphatic carboxylic acids is 1. The van der Waals surface area contributed by atoms with Crippen molar-refractivity contribution in [1.82, 2.24) is 25.6 Å². The van der Waals surface area contributed by atoms with Crippen LogP contribution in [0.25, 0.3) is 11.3 Å². The molecule has 1 aliphatic rings. The number of halogens is 1. The van der Waals surface area contributed by atoms with E-state index >= 15 is 0 Å². The molecule has 2 atom stereocenters. The molecule has 0 spiro atoms. The number of aromatic nitrogens is 3. The lowest BCUT2D eigenvalue weighted by Gasteiger charge is -2.08. The molecular weight excluding hydrogens is 373 g/mol. The molecule has 150 valence electrons. The second-order valence-electron chi connectivity index (χ2n) is 7.21. The first-order valence-electron chi connectivity index (χ1n) is 9.51. The van der Waals surface area contributed by atoms with Gasteiger partial charge in [0, 0.05) is 25.2 Å². The molecule has 3 N–H and O–H groups in total. The first kappa shape index (κ1) is 19.2. The predicted molar refractivity (Wildman–Crippen MR) is 105 cm³/mol. The van der Waals surface area contributed by atoms with Crippen molar-refractivity contribution in [3.8, 4) is 11.3 Å². The van der Waals surface area contributed by atoms with E-state index in [2.05, 4.69) is 20.9 Å². The maximum Gasteiger partial charge on any atom is 0.320 e. The molecule has 0 unspecified atom stereocenters. The number of hydrogen-bond acceptors (Lipinski definition) is 5. The Morgan fingerprint density at radius 3 is 2.76 bits per heavy atom. The number of carbonyl (C=O) groups is 1. The third kappa shape index (κ3) is 4.67. The lowest BCUT2D eigenvalue weighted by molar-refractivity contribution is -0.139. The molecule has 29 heavy (non-hydrogen) atoms. The summed E-state index contributed by atoms with van der Waals surface area (Å²) in [4.78, 5) is 11.1. The summed E-state index contributed by atoms with van der Waals surface area (Å²) in [6, 6.07) is 14.2. The van der Waals surface area contributed by atoms with Crippen molar-refractivity contribution in [1.29, 1.82) is 0 Å². The second kappa shape index (κ2) is 8.50. The van der Waals surface area contributed by atoms with Gasteiger partial charge in [-0.2, -0.15) is 0 Å². The standard InChI is InChI=1S/C21H22FN5O2/c22-17-7-15(11-23-10-14-4-2-1-3-5-14)6-16(8-17)20-13-27(26-25-20)18-9-19(21(28)29)24-12-18/h1-8,13,18-19,23-24H,9-12H2,(H,28,29)/t18-,19-/m0/s1. The summed E-state index contributed by atoms with van der Waals surface area (Å²) >= 11 is 0. The zero-order valence-electron chi connectivity index (χ0n) is 15.8. The molecule has 3 aromatic rings. The topological polar surface area (TPSA) is 92.1 Å². The fraction of sp³-hybridized carbons (Fsp3) is 0.286. The Balaban J connectivity index is 1.44. The molecule has 1 fully saturated rings. The van der Waals surface area contributed by atoms with Crippen LogP contribution in [0.2, 0.25) is 0 Å². The molecule has 0 saturated carbocycles. The number of carboxylic acids is 1. The van der Waals surface area contributed by atoms with Crippen molar-refractivity contribution in [3.05, 3.63) is 71.7 Å². The van der Waals surface area contributed by atoms with Gasteiger partial charge >= 0.3 is 5.97 Å². The third-order valence-electron chi connectivity index (χ3n) is 5.04. The Morgan fingerprint density at radius 2 is 2.00 bits per heavy atom. The molecule has 1 aromatic heterocycles. The normalized spacial score (nSPS) is 18.8. The molecule has 2 aromatic carbocycles. The van der Waals surface area contributed by atoms with Crippen molar-refractivity contribution in [3.63, 3.8) is 0 Å². The van der Waals surface area contributed by atoms with Gasteiger partial charge in [0.1, 0.15) is 17.6 Å². The van der Waals surface area contributed by atoms with E-state index in [9.17, 15) is 9.18 Å². The van der Waals surface area contributed by atoms with Gasteiger partial charge in [-0.25, -0.2) is 9.07 Å². The minimum absolute atomic E-state index is 0.0853. The predicted octanol–water partition coefficient (Wildman–Crippen LogP) is 2.36. The third-order valence-corrected chi connectivity index (χ3v) is 5.04. The van der Waals surface area contributed by atoms with E-state index in [1.54, 1.807) is 10.9 Å². The molecule has 7 nitrogen and oxygen atoms in total. The zero-order chi connectivity index (χ0) is 20.2. The van der Waals surface area contributed by atoms with Gasteiger partial charge in [0.05, 0.1) is 12.2 Å². The summed E-state index contributed by atoms with van der Waals surface area (Å²) in [6.07, 6.45) is 2.18. The number of benzene rings is 2. The van der Waals surface area contributed by atoms with Crippen LogP contribution >= 0.6 is 0 Å². The maximum atomic E-state index is 14.2. The fourth-order valence-electron chi connectivity index (χ4n) is 3.54. The molecule has 1 saturated heterocycles. The van der Waals surface area contributed by atoms with E-state index in [0.29, 0.717) is 37.3 Å². The molecule has 0 amide bonds. The van der Waals surface area contributed by atoms with Gasteiger partial charge in [0.15, 0.2) is 0 Å². The molecule has 0 aliphatic carbocycles. The van der Waals surface area contributed by atoms with E-state index < -0.39 is 12.0 Å². The van der Waals surface area contributed by atoms with Crippen LogP contribution in [0.1, 0.15) is 23.6 Å². The number of nitrogens with zero attached hydrogens (tertiary/aromatic N) is 3. The van der Waals surface area contributed by atoms with Gasteiger partial charge < -0.3 is 15.7 Å². The number of rotatable bonds is 7. The Bertz CT molecular complexity index is 992. The molecular formula is C21H22FN5O2. The summed E-state index contributed by atoms with van der Waals surface area (Å²) in [5.41, 5.74) is 3.19. The van der Waals surface area contributed by atoms with Crippen LogP contribution in [0, 0.1) is 5.82 Å². The van der Waals surface area contributed by atoms with E-state index in [-0.39, 0.29) is 11.9 Å². The molecule has 4 rings (SSSR count). The number of nitrogens with one attached hydrogen (secondary N) is 2. The SMILES string of the molecule is O=C(O)[C@@H]1C[C@H](n2cc(-c3cc(F)cc(CNCc4ccccc4)c3)nn2)CN1. The quantitative estimate of drug-likeness (QED) is 0.569. The van der Waals surface area contributed by atoms with Gasteiger partial charge in [-0.3, -0.25) is 4.79 Å². The van der Waals surface area contributed by atoms with E-state index in [1.807, 2.05) is 36.4 Å². The highest BCUT2D eigenvalue weighted by Crippen LogP contribution is 2.24. The first-order valence-corrected chi connectivity index (χ1v) is 9.51. The second-order valence-corrected chi connectivity index (χ2v) is 7.21. The van der Waals surface area contributed by atoms with Crippen molar-refractivity contribution in [2.75, 3.05) is 6.54 Å². The van der Waals surface area contributed by atoms with E-state index in [0.717, 1.165) is 11.1 Å². The average molecular weight is 395 g/mol. The van der Waals surface area contributed by atoms with Crippen LogP contribution < -0.4 is 10.6 Å². The number of hydrogen-bond donors (Lipinski definition) is 3. The maximum absolute atomic E-state index is 14.2. The van der Waals surface area contributed by atoms with Crippen LogP contribution in [0.5, 0.6) is 0 Å². The largest absolute Gasteiger partial charge is 0.480 e. The Labute approximate surface area is 167 Å². The molecule has 0 radical (unpaired) electrons. The lowest BCUT2D eigenvalue weighted by Crippen LogP contribution is -2.29. The summed E-state index contributed by atoms with van der Waals surface area (Å²) in [5.74, 6) is -1.20. The molecule has 1 aliphatic heterocycles. The summed E-state index contributed by atoms with van der Waals surface area (Å²) in [7, 11) is 0. The molecule has 2 heterocycles. The Kier molecular flexibility index (Phi) is 5.64. The number of carboxylic acid groups (broad SMARTS) is 1. The summed E-state index contributed by atoms with van der Waals surface area (Å²) < 4.78 is 15.8. The summed E-state index contributed by atoms with van der Waals surface area (Å²) in [6.45, 7) is 1.74. The van der Waals surface area contributed by atoms with Crippen LogP contribution in [-0.2, 0) is 17.9 Å². The van der Waals surface area contributed by atoms with E-state index in [1.165, 1.54) is 12.1 Å². The smallest absolute Gasteiger partial charge is 0.320 e. The van der Waals surface area contributed by atoms with E-state index in [4.69, 9.17) is 5.11 Å². The highest BCUT2D eigenvalue weighted by molar-refractivity contribution is 5.73. The van der Waals surface area contributed by atoms with Crippen molar-refractivity contribution in [2.24, 2.45) is 0 Å². The van der Waals surface area contributed by atoms with Crippen LogP contribution in [0.15, 0.2) is 54.7 Å². The Hall–Kier alpha value is -3.10. The Morgan fingerprint density at radius 1 is 1.21 bits per heavy atom. The highest BCUT2D eigenvalue weighted by atomic mass is 19.1. The van der Waals surface area contributed by atoms with Crippen LogP contribution in [0.4, 0.5) is 4.39 Å². The minimum atomic E-state index is -0.870. The monoisotopic (exact) mass is 395 g/mol. The zero-order valence-corrected chi connectivity index (χ0v) is 15.8. The highest BCUT2D eigenvalue weighted by Gasteiger charge is 2.31. The van der Waals surface area contributed by atoms with Crippen molar-refractivity contribution in [2.45, 2.75) is 31.6 Å². The fourth-order valence-corrected chi connectivity index (χ4v) is 3.54. The molecule has 8 heteroatoms. The van der Waals surface area contributed by atoms with Crippen molar-refractivity contribution < 1.29 is 14.3 Å².